The van der Waals surface area contributed by atoms with Gasteiger partial charge in [0.2, 0.25) is 0 Å². The molecule has 1 N–H and O–H groups in total. The van der Waals surface area contributed by atoms with Crippen molar-refractivity contribution in [3.8, 4) is 11.5 Å². The molecule has 2 aromatic rings. The second kappa shape index (κ2) is 11.3. The van der Waals surface area contributed by atoms with Crippen molar-refractivity contribution in [2.24, 2.45) is 5.16 Å². The molecule has 154 valence electrons. The van der Waals surface area contributed by atoms with Gasteiger partial charge in [-0.3, -0.25) is 0 Å². The molecule has 0 bridgehead atoms. The second-order valence-electron chi connectivity index (χ2n) is 5.68. The minimum Gasteiger partial charge on any atom is -0.490 e. The summed E-state index contributed by atoms with van der Waals surface area (Å²) in [7, 11) is 0. The molecular weight excluding hydrogens is 417 g/mol. The van der Waals surface area contributed by atoms with Crippen LogP contribution >= 0.6 is 23.2 Å². The predicted molar refractivity (Wildman–Crippen MR) is 114 cm³/mol. The fourth-order valence-corrected chi connectivity index (χ4v) is 2.75. The molecule has 6 nitrogen and oxygen atoms in total. The molecule has 0 unspecified atom stereocenters. The van der Waals surface area contributed by atoms with Gasteiger partial charge in [-0.1, -0.05) is 58.7 Å². The van der Waals surface area contributed by atoms with E-state index in [1.807, 2.05) is 6.92 Å². The second-order valence-corrected chi connectivity index (χ2v) is 6.69. The number of benzene rings is 2. The van der Waals surface area contributed by atoms with Crippen LogP contribution in [0.15, 0.2) is 52.1 Å². The van der Waals surface area contributed by atoms with E-state index in [1.165, 1.54) is 0 Å². The summed E-state index contributed by atoms with van der Waals surface area (Å²) in [6, 6.07) is 12.2. The van der Waals surface area contributed by atoms with Crippen molar-refractivity contribution in [1.82, 2.24) is 0 Å². The average molecular weight is 438 g/mol. The minimum absolute atomic E-state index is 0.111. The highest BCUT2D eigenvalue weighted by Gasteiger charge is 2.18. The SMILES string of the molecule is CCON=C(C(=O)O)c1ccccc1COc1ccc(C=C(Cl)Cl)cc1OCC. The Morgan fingerprint density at radius 2 is 1.83 bits per heavy atom. The third kappa shape index (κ3) is 6.69. The number of aliphatic carboxylic acids is 1. The van der Waals surface area contributed by atoms with Gasteiger partial charge in [0.05, 0.1) is 6.61 Å². The van der Waals surface area contributed by atoms with Gasteiger partial charge in [0.25, 0.3) is 0 Å². The molecule has 2 rings (SSSR count). The Hall–Kier alpha value is -2.70. The number of oxime groups is 1. The summed E-state index contributed by atoms with van der Waals surface area (Å²) in [6.45, 7) is 4.41. The summed E-state index contributed by atoms with van der Waals surface area (Å²) in [4.78, 5) is 16.5. The molecule has 2 aromatic carbocycles. The predicted octanol–water partition coefficient (Wildman–Crippen LogP) is 5.27. The van der Waals surface area contributed by atoms with E-state index in [2.05, 4.69) is 5.16 Å². The molecule has 0 spiro atoms. The van der Waals surface area contributed by atoms with E-state index in [9.17, 15) is 9.90 Å². The van der Waals surface area contributed by atoms with Gasteiger partial charge in [-0.25, -0.2) is 4.79 Å². The summed E-state index contributed by atoms with van der Waals surface area (Å²) in [5.74, 6) is -0.159. The van der Waals surface area contributed by atoms with Crippen LogP contribution in [-0.4, -0.2) is 30.0 Å². The summed E-state index contributed by atoms with van der Waals surface area (Å²) in [6.07, 6.45) is 1.59. The minimum atomic E-state index is -1.19. The van der Waals surface area contributed by atoms with E-state index >= 15 is 0 Å². The van der Waals surface area contributed by atoms with Crippen LogP contribution in [0.1, 0.15) is 30.5 Å². The van der Waals surface area contributed by atoms with Crippen molar-refractivity contribution in [1.29, 1.82) is 0 Å². The molecule has 0 aliphatic carbocycles. The summed E-state index contributed by atoms with van der Waals surface area (Å²) < 4.78 is 11.7. The maximum Gasteiger partial charge on any atom is 0.358 e. The largest absolute Gasteiger partial charge is 0.490 e. The van der Waals surface area contributed by atoms with E-state index in [-0.39, 0.29) is 23.4 Å². The fraction of sp³-hybridized carbons (Fsp3) is 0.238. The Morgan fingerprint density at radius 3 is 2.48 bits per heavy atom. The number of carboxylic acids is 1. The van der Waals surface area contributed by atoms with Gasteiger partial charge < -0.3 is 19.4 Å². The molecule has 29 heavy (non-hydrogen) atoms. The first-order valence-corrected chi connectivity index (χ1v) is 9.65. The monoisotopic (exact) mass is 437 g/mol. The van der Waals surface area contributed by atoms with Crippen LogP contribution in [0.4, 0.5) is 0 Å². The van der Waals surface area contributed by atoms with Gasteiger partial charge in [0, 0.05) is 5.56 Å². The molecule has 0 saturated heterocycles. The van der Waals surface area contributed by atoms with E-state index in [0.717, 1.165) is 5.56 Å². The van der Waals surface area contributed by atoms with Gasteiger partial charge in [-0.15, -0.1) is 0 Å². The average Bonchev–Trinajstić information content (AvgIpc) is 2.68. The van der Waals surface area contributed by atoms with E-state index in [1.54, 1.807) is 55.5 Å². The van der Waals surface area contributed by atoms with Crippen molar-refractivity contribution >= 4 is 41.0 Å². The van der Waals surface area contributed by atoms with E-state index < -0.39 is 5.97 Å². The number of carbonyl (C=O) groups is 1. The highest BCUT2D eigenvalue weighted by molar-refractivity contribution is 6.57. The van der Waals surface area contributed by atoms with E-state index in [4.69, 9.17) is 37.5 Å². The number of rotatable bonds is 10. The van der Waals surface area contributed by atoms with Crippen LogP contribution in [-0.2, 0) is 16.2 Å². The van der Waals surface area contributed by atoms with Gasteiger partial charge in [-0.2, -0.15) is 0 Å². The number of hydrogen-bond acceptors (Lipinski definition) is 5. The first-order chi connectivity index (χ1) is 14.0. The summed E-state index contributed by atoms with van der Waals surface area (Å²) >= 11 is 11.4. The third-order valence-corrected chi connectivity index (χ3v) is 3.90. The van der Waals surface area contributed by atoms with Gasteiger partial charge in [0.15, 0.2) is 17.2 Å². The van der Waals surface area contributed by atoms with E-state index in [0.29, 0.717) is 29.2 Å². The molecule has 0 amide bonds. The molecule has 0 atom stereocenters. The maximum atomic E-state index is 11.6. The van der Waals surface area contributed by atoms with Crippen LogP contribution in [0.2, 0.25) is 0 Å². The fourth-order valence-electron chi connectivity index (χ4n) is 2.49. The van der Waals surface area contributed by atoms with Crippen molar-refractivity contribution in [3.05, 3.63) is 63.6 Å². The topological polar surface area (TPSA) is 77.4 Å². The zero-order valence-corrected chi connectivity index (χ0v) is 17.5. The highest BCUT2D eigenvalue weighted by Crippen LogP contribution is 2.31. The molecule has 0 radical (unpaired) electrons. The third-order valence-electron chi connectivity index (χ3n) is 3.69. The summed E-state index contributed by atoms with van der Waals surface area (Å²) in [5.41, 5.74) is 1.63. The van der Waals surface area contributed by atoms with Crippen molar-refractivity contribution in [2.75, 3.05) is 13.2 Å². The Labute approximate surface area is 179 Å². The smallest absolute Gasteiger partial charge is 0.358 e. The maximum absolute atomic E-state index is 11.6. The number of halogens is 2. The molecule has 0 aliphatic heterocycles. The van der Waals surface area contributed by atoms with Crippen molar-refractivity contribution in [2.45, 2.75) is 20.5 Å². The lowest BCUT2D eigenvalue weighted by molar-refractivity contribution is -0.129. The van der Waals surface area contributed by atoms with Crippen molar-refractivity contribution < 1.29 is 24.2 Å². The Bertz CT molecular complexity index is 908. The number of ether oxygens (including phenoxy) is 2. The van der Waals surface area contributed by atoms with Crippen LogP contribution < -0.4 is 9.47 Å². The van der Waals surface area contributed by atoms with Crippen LogP contribution in [0, 0.1) is 0 Å². The van der Waals surface area contributed by atoms with Gasteiger partial charge >= 0.3 is 5.97 Å². The van der Waals surface area contributed by atoms with Crippen molar-refractivity contribution in [3.63, 3.8) is 0 Å². The standard InChI is InChI=1S/C21H21Cl2NO5/c1-3-27-18-11-14(12-19(22)23)9-10-17(18)28-13-15-7-5-6-8-16(15)20(21(25)26)24-29-4-2/h5-12H,3-4,13H2,1-2H3,(H,25,26). The first kappa shape index (κ1) is 22.6. The molecule has 0 fully saturated rings. The zero-order chi connectivity index (χ0) is 21.2. The molecule has 0 saturated carbocycles. The molecule has 0 heterocycles. The van der Waals surface area contributed by atoms with Crippen LogP contribution in [0.5, 0.6) is 11.5 Å². The first-order valence-electron chi connectivity index (χ1n) is 8.90. The Morgan fingerprint density at radius 1 is 1.07 bits per heavy atom. The zero-order valence-electron chi connectivity index (χ0n) is 16.0. The lowest BCUT2D eigenvalue weighted by Crippen LogP contribution is -2.18. The lowest BCUT2D eigenvalue weighted by atomic mass is 10.0. The van der Waals surface area contributed by atoms with Crippen LogP contribution in [0.25, 0.3) is 6.08 Å². The molecular formula is C21H21Cl2NO5. The Kier molecular flexibility index (Phi) is 8.83. The number of hydrogen-bond donors (Lipinski definition) is 1. The quantitative estimate of drug-likeness (QED) is 0.404. The number of nitrogens with zero attached hydrogens (tertiary/aromatic N) is 1. The van der Waals surface area contributed by atoms with Gasteiger partial charge in [0.1, 0.15) is 17.7 Å². The highest BCUT2D eigenvalue weighted by atomic mass is 35.5. The van der Waals surface area contributed by atoms with Crippen LogP contribution in [0.3, 0.4) is 0 Å². The number of carboxylic acid groups (broad SMARTS) is 1. The molecule has 8 heteroatoms. The van der Waals surface area contributed by atoms with Gasteiger partial charge in [-0.05, 0) is 43.2 Å². The molecule has 0 aromatic heterocycles. The molecule has 0 aliphatic rings. The lowest BCUT2D eigenvalue weighted by Gasteiger charge is -2.14. The Balaban J connectivity index is 2.30. The summed E-state index contributed by atoms with van der Waals surface area (Å²) in [5, 5.41) is 13.2. The normalized spacial score (nSPS) is 11.0.